The first-order valence-corrected chi connectivity index (χ1v) is 20.9. The second-order valence-corrected chi connectivity index (χ2v) is 16.3. The number of benzene rings is 9. The van der Waals surface area contributed by atoms with Crippen molar-refractivity contribution in [3.63, 3.8) is 0 Å². The molecule has 10 aromatic rings. The van der Waals surface area contributed by atoms with Gasteiger partial charge in [0.1, 0.15) is 11.5 Å². The maximum Gasteiger partial charge on any atom is 0.134 e. The molecule has 3 nitrogen and oxygen atoms in total. The van der Waals surface area contributed by atoms with Crippen LogP contribution in [0.25, 0.3) is 31.3 Å². The topological polar surface area (TPSA) is 15.7 Å². The van der Waals surface area contributed by atoms with Crippen LogP contribution in [0.15, 0.2) is 218 Å². The zero-order valence-corrected chi connectivity index (χ0v) is 32.8. The highest BCUT2D eigenvalue weighted by molar-refractivity contribution is 7.25. The fourth-order valence-corrected chi connectivity index (χ4v) is 10.8. The summed E-state index contributed by atoms with van der Waals surface area (Å²) >= 11 is 1.83. The van der Waals surface area contributed by atoms with Crippen LogP contribution in [0.5, 0.6) is 11.5 Å². The molecule has 1 aliphatic heterocycles. The first kappa shape index (κ1) is 33.7. The van der Waals surface area contributed by atoms with Gasteiger partial charge in [-0.25, -0.2) is 0 Å². The third-order valence-electron chi connectivity index (χ3n) is 12.1. The number of fused-ring (bicyclic) bond motifs is 12. The summed E-state index contributed by atoms with van der Waals surface area (Å²) in [5.74, 6) is 1.75. The molecular formula is C55H36N2OS. The van der Waals surface area contributed by atoms with Crippen molar-refractivity contribution in [3.05, 3.63) is 241 Å². The maximum absolute atomic E-state index is 7.21. The Kier molecular flexibility index (Phi) is 7.62. The highest BCUT2D eigenvalue weighted by Gasteiger charge is 2.51. The molecule has 12 rings (SSSR count). The molecule has 2 aliphatic rings. The molecule has 0 radical (unpaired) electrons. The summed E-state index contributed by atoms with van der Waals surface area (Å²) in [6.45, 7) is 0. The van der Waals surface area contributed by atoms with E-state index in [-0.39, 0.29) is 0 Å². The van der Waals surface area contributed by atoms with Crippen LogP contribution < -0.4 is 14.5 Å². The van der Waals surface area contributed by atoms with Crippen LogP contribution in [0, 0.1) is 0 Å². The Balaban J connectivity index is 1.09. The van der Waals surface area contributed by atoms with Crippen LogP contribution in [0.4, 0.5) is 34.1 Å². The Bertz CT molecular complexity index is 3070. The Labute approximate surface area is 347 Å². The number of ether oxygens (including phenoxy) is 1. The SMILES string of the molecule is c1ccc(N(c2ccccc2)c2ccc3c(c2)Oc2cc4sc5cc(N(c6ccccc6)c6ccccc6)ccc5c4cc2C32c3ccccc3-c3ccccc32)cc1. The molecule has 2 heterocycles. The average molecular weight is 773 g/mol. The minimum Gasteiger partial charge on any atom is -0.457 e. The lowest BCUT2D eigenvalue weighted by Crippen LogP contribution is -2.32. The van der Waals surface area contributed by atoms with Gasteiger partial charge in [0, 0.05) is 71.5 Å². The summed E-state index contributed by atoms with van der Waals surface area (Å²) in [6, 6.07) is 78.8. The van der Waals surface area contributed by atoms with Gasteiger partial charge in [-0.1, -0.05) is 133 Å². The van der Waals surface area contributed by atoms with Gasteiger partial charge in [0.05, 0.1) is 5.41 Å². The van der Waals surface area contributed by atoms with Crippen molar-refractivity contribution in [2.75, 3.05) is 9.80 Å². The van der Waals surface area contributed by atoms with Gasteiger partial charge in [0.25, 0.3) is 0 Å². The molecule has 1 spiro atoms. The molecule has 1 aliphatic carbocycles. The second kappa shape index (κ2) is 13.3. The number of hydrogen-bond acceptors (Lipinski definition) is 4. The molecular weight excluding hydrogens is 737 g/mol. The molecule has 0 atom stereocenters. The molecule has 0 fully saturated rings. The van der Waals surface area contributed by atoms with E-state index < -0.39 is 5.41 Å². The number of anilines is 6. The van der Waals surface area contributed by atoms with E-state index in [2.05, 4.69) is 228 Å². The number of hydrogen-bond donors (Lipinski definition) is 0. The zero-order valence-electron chi connectivity index (χ0n) is 32.0. The predicted molar refractivity (Wildman–Crippen MR) is 246 cm³/mol. The smallest absolute Gasteiger partial charge is 0.134 e. The molecule has 0 N–H and O–H groups in total. The first-order valence-electron chi connectivity index (χ1n) is 20.1. The Hall–Kier alpha value is -7.40. The van der Waals surface area contributed by atoms with E-state index in [1.54, 1.807) is 0 Å². The number of thiophene rings is 1. The monoisotopic (exact) mass is 772 g/mol. The van der Waals surface area contributed by atoms with E-state index in [9.17, 15) is 0 Å². The fourth-order valence-electron chi connectivity index (χ4n) is 9.64. The van der Waals surface area contributed by atoms with E-state index in [0.29, 0.717) is 0 Å². The quantitative estimate of drug-likeness (QED) is 0.167. The van der Waals surface area contributed by atoms with Gasteiger partial charge in [-0.2, -0.15) is 0 Å². The predicted octanol–water partition coefficient (Wildman–Crippen LogP) is 15.5. The maximum atomic E-state index is 7.21. The molecule has 4 heteroatoms. The molecule has 0 saturated heterocycles. The lowest BCUT2D eigenvalue weighted by molar-refractivity contribution is 0.437. The van der Waals surface area contributed by atoms with Gasteiger partial charge in [0.15, 0.2) is 0 Å². The van der Waals surface area contributed by atoms with Crippen LogP contribution >= 0.6 is 11.3 Å². The van der Waals surface area contributed by atoms with Crippen molar-refractivity contribution < 1.29 is 4.74 Å². The molecule has 9 aromatic carbocycles. The molecule has 1 aromatic heterocycles. The standard InChI is InChI=1S/C55H36N2OS/c1-5-17-37(18-6-1)56(38-19-7-2-8-20-38)41-30-32-49-51(33-41)58-52-36-54-46(35-50(52)55(49)47-27-15-13-25-43(47)44-26-14-16-28-48(44)55)45-31-29-42(34-53(45)59-54)57(39-21-9-3-10-22-39)40-23-11-4-12-24-40/h1-36H. The fraction of sp³-hybridized carbons (Fsp3) is 0.0182. The number of para-hydroxylation sites is 4. The van der Waals surface area contributed by atoms with Gasteiger partial charge in [-0.3, -0.25) is 0 Å². The van der Waals surface area contributed by atoms with Crippen molar-refractivity contribution in [1.82, 2.24) is 0 Å². The summed E-state index contributed by atoms with van der Waals surface area (Å²) < 4.78 is 9.65. The molecule has 0 saturated carbocycles. The van der Waals surface area contributed by atoms with Crippen LogP contribution in [-0.4, -0.2) is 0 Å². The summed E-state index contributed by atoms with van der Waals surface area (Å²) in [5.41, 5.74) is 13.4. The van der Waals surface area contributed by atoms with Gasteiger partial charge in [-0.05, 0) is 101 Å². The molecule has 0 bridgehead atoms. The van der Waals surface area contributed by atoms with Gasteiger partial charge >= 0.3 is 0 Å². The number of rotatable bonds is 6. The van der Waals surface area contributed by atoms with Crippen molar-refractivity contribution in [2.24, 2.45) is 0 Å². The second-order valence-electron chi connectivity index (χ2n) is 15.3. The van der Waals surface area contributed by atoms with Crippen LogP contribution in [0.3, 0.4) is 0 Å². The summed E-state index contributed by atoms with van der Waals surface area (Å²) in [4.78, 5) is 4.64. The van der Waals surface area contributed by atoms with E-state index in [1.807, 2.05) is 11.3 Å². The molecule has 0 amide bonds. The largest absolute Gasteiger partial charge is 0.457 e. The van der Waals surface area contributed by atoms with E-state index >= 15 is 0 Å². The minimum absolute atomic E-state index is 0.585. The average Bonchev–Trinajstić information content (AvgIpc) is 3.80. The van der Waals surface area contributed by atoms with Gasteiger partial charge < -0.3 is 14.5 Å². The van der Waals surface area contributed by atoms with Crippen molar-refractivity contribution in [2.45, 2.75) is 5.41 Å². The molecule has 0 unspecified atom stereocenters. The van der Waals surface area contributed by atoms with Crippen molar-refractivity contribution in [3.8, 4) is 22.6 Å². The summed E-state index contributed by atoms with van der Waals surface area (Å²) in [5, 5.41) is 2.49. The van der Waals surface area contributed by atoms with Crippen LogP contribution in [-0.2, 0) is 5.41 Å². The lowest BCUT2D eigenvalue weighted by atomic mass is 9.66. The van der Waals surface area contributed by atoms with Gasteiger partial charge in [0.2, 0.25) is 0 Å². The summed E-state index contributed by atoms with van der Waals surface area (Å²) in [7, 11) is 0. The van der Waals surface area contributed by atoms with Crippen molar-refractivity contribution in [1.29, 1.82) is 0 Å². The normalized spacial score (nSPS) is 13.0. The highest BCUT2D eigenvalue weighted by Crippen LogP contribution is 2.63. The Morgan fingerprint density at radius 2 is 0.763 bits per heavy atom. The summed E-state index contributed by atoms with van der Waals surface area (Å²) in [6.07, 6.45) is 0. The van der Waals surface area contributed by atoms with Gasteiger partial charge in [-0.15, -0.1) is 11.3 Å². The number of nitrogens with zero attached hydrogens (tertiary/aromatic N) is 2. The first-order chi connectivity index (χ1) is 29.3. The van der Waals surface area contributed by atoms with E-state index in [0.717, 1.165) is 51.2 Å². The third kappa shape index (κ3) is 5.13. The zero-order chi connectivity index (χ0) is 38.9. The van der Waals surface area contributed by atoms with Crippen LogP contribution in [0.2, 0.25) is 0 Å². The van der Waals surface area contributed by atoms with Crippen molar-refractivity contribution >= 4 is 65.6 Å². The minimum atomic E-state index is -0.585. The Morgan fingerprint density at radius 1 is 0.322 bits per heavy atom. The van der Waals surface area contributed by atoms with E-state index in [4.69, 9.17) is 4.74 Å². The lowest BCUT2D eigenvalue weighted by Gasteiger charge is -2.40. The molecule has 59 heavy (non-hydrogen) atoms. The third-order valence-corrected chi connectivity index (χ3v) is 13.2. The highest BCUT2D eigenvalue weighted by atomic mass is 32.1. The Morgan fingerprint density at radius 3 is 1.31 bits per heavy atom. The van der Waals surface area contributed by atoms with E-state index in [1.165, 1.54) is 48.0 Å². The molecule has 278 valence electrons. The van der Waals surface area contributed by atoms with Crippen LogP contribution in [0.1, 0.15) is 22.3 Å².